The maximum absolute atomic E-state index is 12.0. The van der Waals surface area contributed by atoms with Gasteiger partial charge in [-0.1, -0.05) is 27.7 Å². The summed E-state index contributed by atoms with van der Waals surface area (Å²) >= 11 is 0. The molecule has 0 aliphatic heterocycles. The van der Waals surface area contributed by atoms with Crippen LogP contribution in [0.2, 0.25) is 0 Å². The van der Waals surface area contributed by atoms with Crippen molar-refractivity contribution in [3.8, 4) is 0 Å². The molecule has 0 fully saturated rings. The smallest absolute Gasteiger partial charge is 0.273 e. The van der Waals surface area contributed by atoms with E-state index >= 15 is 0 Å². The maximum atomic E-state index is 12.0. The Morgan fingerprint density at radius 3 is 2.58 bits per heavy atom. The molecule has 0 spiro atoms. The van der Waals surface area contributed by atoms with E-state index in [9.17, 15) is 4.79 Å². The van der Waals surface area contributed by atoms with E-state index in [1.54, 1.807) is 0 Å². The molecule has 0 aliphatic rings. The monoisotopic (exact) mass is 267 g/mol. The second-order valence-corrected chi connectivity index (χ2v) is 5.29. The van der Waals surface area contributed by atoms with Crippen molar-refractivity contribution in [2.75, 3.05) is 0 Å². The number of rotatable bonds is 7. The molecule has 1 unspecified atom stereocenters. The molecule has 1 rings (SSSR count). The van der Waals surface area contributed by atoms with Crippen molar-refractivity contribution in [3.05, 3.63) is 17.8 Å². The molecule has 5 heteroatoms. The quantitative estimate of drug-likeness (QED) is 0.795. The maximum Gasteiger partial charge on any atom is 0.273 e. The van der Waals surface area contributed by atoms with Crippen molar-refractivity contribution >= 4 is 5.91 Å². The standard InChI is InChI=1S/C14H25N3O2/c1-5-10(6-2)16-13(18)12-8-19-14(17-12)11(15)7-9(3)4/h8-11H,5-7,15H2,1-4H3,(H,16,18). The van der Waals surface area contributed by atoms with E-state index in [1.807, 2.05) is 13.8 Å². The van der Waals surface area contributed by atoms with Gasteiger partial charge >= 0.3 is 0 Å². The summed E-state index contributed by atoms with van der Waals surface area (Å²) in [6.45, 7) is 8.26. The summed E-state index contributed by atoms with van der Waals surface area (Å²) < 4.78 is 5.30. The first-order chi connectivity index (χ1) is 8.97. The molecule has 1 atom stereocenters. The van der Waals surface area contributed by atoms with E-state index < -0.39 is 0 Å². The molecule has 0 saturated carbocycles. The predicted molar refractivity (Wildman–Crippen MR) is 74.7 cm³/mol. The molecule has 1 heterocycles. The summed E-state index contributed by atoms with van der Waals surface area (Å²) in [5.41, 5.74) is 6.28. The highest BCUT2D eigenvalue weighted by Crippen LogP contribution is 2.18. The van der Waals surface area contributed by atoms with Crippen LogP contribution in [-0.4, -0.2) is 16.9 Å². The Labute approximate surface area is 115 Å². The third-order valence-electron chi connectivity index (χ3n) is 3.12. The van der Waals surface area contributed by atoms with Gasteiger partial charge in [-0.05, 0) is 25.2 Å². The second kappa shape index (κ2) is 7.28. The summed E-state index contributed by atoms with van der Waals surface area (Å²) in [5, 5.41) is 2.92. The number of aromatic nitrogens is 1. The van der Waals surface area contributed by atoms with Crippen molar-refractivity contribution in [1.82, 2.24) is 10.3 Å². The molecule has 3 N–H and O–H groups in total. The van der Waals surface area contributed by atoms with Crippen molar-refractivity contribution in [3.63, 3.8) is 0 Å². The van der Waals surface area contributed by atoms with Gasteiger partial charge in [-0.3, -0.25) is 4.79 Å². The Hall–Kier alpha value is -1.36. The van der Waals surface area contributed by atoms with Gasteiger partial charge in [-0.15, -0.1) is 0 Å². The first-order valence-corrected chi connectivity index (χ1v) is 6.99. The minimum absolute atomic E-state index is 0.178. The highest BCUT2D eigenvalue weighted by atomic mass is 16.3. The van der Waals surface area contributed by atoms with Crippen LogP contribution < -0.4 is 11.1 Å². The number of nitrogens with two attached hydrogens (primary N) is 1. The number of oxazole rings is 1. The van der Waals surface area contributed by atoms with E-state index in [1.165, 1.54) is 6.26 Å². The van der Waals surface area contributed by atoms with E-state index in [2.05, 4.69) is 24.1 Å². The topological polar surface area (TPSA) is 81.2 Å². The SMILES string of the molecule is CCC(CC)NC(=O)c1coc(C(N)CC(C)C)n1. The zero-order valence-electron chi connectivity index (χ0n) is 12.3. The molecule has 0 saturated heterocycles. The fourth-order valence-electron chi connectivity index (χ4n) is 1.92. The lowest BCUT2D eigenvalue weighted by Gasteiger charge is -2.13. The van der Waals surface area contributed by atoms with E-state index in [0.717, 1.165) is 19.3 Å². The minimum atomic E-state index is -0.255. The molecule has 0 bridgehead atoms. The molecule has 5 nitrogen and oxygen atoms in total. The fraction of sp³-hybridized carbons (Fsp3) is 0.714. The number of hydrogen-bond donors (Lipinski definition) is 2. The summed E-state index contributed by atoms with van der Waals surface area (Å²) in [7, 11) is 0. The highest BCUT2D eigenvalue weighted by molar-refractivity contribution is 5.92. The average Bonchev–Trinajstić information content (AvgIpc) is 2.84. The van der Waals surface area contributed by atoms with E-state index in [4.69, 9.17) is 10.2 Å². The van der Waals surface area contributed by atoms with Gasteiger partial charge in [-0.2, -0.15) is 0 Å². The lowest BCUT2D eigenvalue weighted by Crippen LogP contribution is -2.34. The van der Waals surface area contributed by atoms with Crippen LogP contribution >= 0.6 is 0 Å². The van der Waals surface area contributed by atoms with Crippen LogP contribution in [0.15, 0.2) is 10.7 Å². The minimum Gasteiger partial charge on any atom is -0.446 e. The van der Waals surface area contributed by atoms with Gasteiger partial charge in [0.25, 0.3) is 5.91 Å². The Kier molecular flexibility index (Phi) is 6.02. The Morgan fingerprint density at radius 1 is 1.42 bits per heavy atom. The lowest BCUT2D eigenvalue weighted by molar-refractivity contribution is 0.0929. The van der Waals surface area contributed by atoms with Crippen LogP contribution in [0.4, 0.5) is 0 Å². The number of hydrogen-bond acceptors (Lipinski definition) is 4. The summed E-state index contributed by atoms with van der Waals surface area (Å²) in [6, 6.07) is -0.0771. The molecule has 108 valence electrons. The van der Waals surface area contributed by atoms with Crippen LogP contribution in [0.25, 0.3) is 0 Å². The average molecular weight is 267 g/mol. The Bertz CT molecular complexity index is 397. The molecular weight excluding hydrogens is 242 g/mol. The van der Waals surface area contributed by atoms with Crippen LogP contribution in [0.3, 0.4) is 0 Å². The zero-order chi connectivity index (χ0) is 14.4. The molecule has 19 heavy (non-hydrogen) atoms. The largest absolute Gasteiger partial charge is 0.446 e. The van der Waals surface area contributed by atoms with E-state index in [0.29, 0.717) is 17.5 Å². The van der Waals surface area contributed by atoms with Gasteiger partial charge in [0.15, 0.2) is 5.69 Å². The molecule has 0 radical (unpaired) electrons. The van der Waals surface area contributed by atoms with Gasteiger partial charge < -0.3 is 15.5 Å². The third kappa shape index (κ3) is 4.67. The summed E-state index contributed by atoms with van der Waals surface area (Å²) in [6.07, 6.45) is 3.97. The van der Waals surface area contributed by atoms with Crippen LogP contribution in [-0.2, 0) is 0 Å². The summed E-state index contributed by atoms with van der Waals surface area (Å²) in [4.78, 5) is 16.1. The number of nitrogens with one attached hydrogen (secondary N) is 1. The first kappa shape index (κ1) is 15.7. The third-order valence-corrected chi connectivity index (χ3v) is 3.12. The molecule has 1 aromatic heterocycles. The molecule has 1 amide bonds. The van der Waals surface area contributed by atoms with Gasteiger partial charge in [0, 0.05) is 6.04 Å². The number of carbonyl (C=O) groups excluding carboxylic acids is 1. The first-order valence-electron chi connectivity index (χ1n) is 6.99. The lowest BCUT2D eigenvalue weighted by atomic mass is 10.0. The predicted octanol–water partition coefficient (Wildman–Crippen LogP) is 2.64. The van der Waals surface area contributed by atoms with Crippen LogP contribution in [0, 0.1) is 5.92 Å². The van der Waals surface area contributed by atoms with Crippen molar-refractivity contribution < 1.29 is 9.21 Å². The van der Waals surface area contributed by atoms with Crippen LogP contribution in [0.5, 0.6) is 0 Å². The highest BCUT2D eigenvalue weighted by Gasteiger charge is 2.19. The number of nitrogens with zero attached hydrogens (tertiary/aromatic N) is 1. The molecule has 0 aliphatic carbocycles. The Morgan fingerprint density at radius 2 is 2.05 bits per heavy atom. The Balaban J connectivity index is 2.65. The van der Waals surface area contributed by atoms with Crippen molar-refractivity contribution in [2.45, 2.75) is 59.0 Å². The normalized spacial score (nSPS) is 13.0. The van der Waals surface area contributed by atoms with Gasteiger partial charge in [0.2, 0.25) is 5.89 Å². The molecule has 0 aromatic carbocycles. The van der Waals surface area contributed by atoms with Gasteiger partial charge in [0.05, 0.1) is 6.04 Å². The number of amides is 1. The molecule has 1 aromatic rings. The van der Waals surface area contributed by atoms with Crippen molar-refractivity contribution in [2.24, 2.45) is 11.7 Å². The fourth-order valence-corrected chi connectivity index (χ4v) is 1.92. The van der Waals surface area contributed by atoms with Gasteiger partial charge in [-0.25, -0.2) is 4.98 Å². The van der Waals surface area contributed by atoms with Crippen molar-refractivity contribution in [1.29, 1.82) is 0 Å². The van der Waals surface area contributed by atoms with Crippen LogP contribution in [0.1, 0.15) is 69.4 Å². The summed E-state index contributed by atoms with van der Waals surface area (Å²) in [5.74, 6) is 0.701. The second-order valence-electron chi connectivity index (χ2n) is 5.29. The van der Waals surface area contributed by atoms with Gasteiger partial charge in [0.1, 0.15) is 6.26 Å². The zero-order valence-corrected chi connectivity index (χ0v) is 12.3. The molecular formula is C14H25N3O2. The van der Waals surface area contributed by atoms with E-state index in [-0.39, 0.29) is 18.0 Å². The number of carbonyl (C=O) groups is 1.